The zero-order valence-electron chi connectivity index (χ0n) is 8.53. The van der Waals surface area contributed by atoms with E-state index in [1.54, 1.807) is 6.92 Å². The third kappa shape index (κ3) is 3.63. The van der Waals surface area contributed by atoms with Crippen LogP contribution in [0.1, 0.15) is 13.3 Å². The Morgan fingerprint density at radius 2 is 2.40 bits per heavy atom. The zero-order chi connectivity index (χ0) is 11.3. The van der Waals surface area contributed by atoms with E-state index in [9.17, 15) is 9.18 Å². The van der Waals surface area contributed by atoms with Gasteiger partial charge in [-0.25, -0.2) is 9.37 Å². The third-order valence-electron chi connectivity index (χ3n) is 2.03. The number of nitrogens with two attached hydrogens (primary N) is 1. The molecule has 0 saturated carbocycles. The van der Waals surface area contributed by atoms with Crippen molar-refractivity contribution >= 4 is 11.7 Å². The van der Waals surface area contributed by atoms with Crippen LogP contribution in [0.2, 0.25) is 0 Å². The minimum absolute atomic E-state index is 0.153. The van der Waals surface area contributed by atoms with E-state index >= 15 is 0 Å². The summed E-state index contributed by atoms with van der Waals surface area (Å²) in [5, 5.41) is 2.58. The molecule has 1 amide bonds. The predicted molar refractivity (Wildman–Crippen MR) is 55.7 cm³/mol. The lowest BCUT2D eigenvalue weighted by Gasteiger charge is -2.09. The maximum absolute atomic E-state index is 12.5. The number of nitrogens with zero attached hydrogens (tertiary/aromatic N) is 1. The Balaban J connectivity index is 2.54. The Morgan fingerprint density at radius 1 is 1.67 bits per heavy atom. The van der Waals surface area contributed by atoms with Crippen molar-refractivity contribution in [2.75, 3.05) is 11.9 Å². The lowest BCUT2D eigenvalue weighted by molar-refractivity contribution is -0.119. The number of aromatic nitrogens is 1. The van der Waals surface area contributed by atoms with Crippen LogP contribution in [-0.2, 0) is 4.79 Å². The standard InChI is InChI=1S/C10H14FN3O/c1-7(4-5-12)10(15)14-9-3-2-8(11)6-13-9/h2-3,6-7H,4-5,12H2,1H3,(H,13,14,15). The van der Waals surface area contributed by atoms with E-state index in [0.717, 1.165) is 6.20 Å². The number of amides is 1. The molecule has 0 fully saturated rings. The highest BCUT2D eigenvalue weighted by Gasteiger charge is 2.12. The van der Waals surface area contributed by atoms with E-state index in [-0.39, 0.29) is 11.8 Å². The molecule has 1 aromatic heterocycles. The maximum atomic E-state index is 12.5. The van der Waals surface area contributed by atoms with Crippen molar-refractivity contribution in [3.63, 3.8) is 0 Å². The molecule has 0 spiro atoms. The molecule has 4 nitrogen and oxygen atoms in total. The molecule has 1 aromatic rings. The second-order valence-electron chi connectivity index (χ2n) is 3.33. The third-order valence-corrected chi connectivity index (χ3v) is 2.03. The van der Waals surface area contributed by atoms with E-state index < -0.39 is 5.82 Å². The number of rotatable bonds is 4. The van der Waals surface area contributed by atoms with Gasteiger partial charge in [-0.2, -0.15) is 0 Å². The van der Waals surface area contributed by atoms with Gasteiger partial charge in [-0.3, -0.25) is 4.79 Å². The number of halogens is 1. The first-order valence-electron chi connectivity index (χ1n) is 4.76. The largest absolute Gasteiger partial charge is 0.330 e. The number of hydrogen-bond acceptors (Lipinski definition) is 3. The molecule has 0 radical (unpaired) electrons. The second-order valence-corrected chi connectivity index (χ2v) is 3.33. The van der Waals surface area contributed by atoms with Crippen molar-refractivity contribution in [3.8, 4) is 0 Å². The lowest BCUT2D eigenvalue weighted by atomic mass is 10.1. The van der Waals surface area contributed by atoms with E-state index in [4.69, 9.17) is 5.73 Å². The van der Waals surface area contributed by atoms with Crippen LogP contribution in [0.5, 0.6) is 0 Å². The molecular formula is C10H14FN3O. The molecule has 0 aliphatic rings. The normalized spacial score (nSPS) is 12.2. The van der Waals surface area contributed by atoms with Crippen LogP contribution < -0.4 is 11.1 Å². The summed E-state index contributed by atoms with van der Waals surface area (Å²) in [4.78, 5) is 15.2. The molecular weight excluding hydrogens is 197 g/mol. The molecule has 15 heavy (non-hydrogen) atoms. The van der Waals surface area contributed by atoms with Crippen LogP contribution in [0.15, 0.2) is 18.3 Å². The molecule has 1 unspecified atom stereocenters. The molecule has 1 rings (SSSR count). The smallest absolute Gasteiger partial charge is 0.228 e. The fraction of sp³-hybridized carbons (Fsp3) is 0.400. The number of anilines is 1. The Bertz CT molecular complexity index is 326. The molecule has 3 N–H and O–H groups in total. The molecule has 1 atom stereocenters. The van der Waals surface area contributed by atoms with Gasteiger partial charge in [0.15, 0.2) is 0 Å². The van der Waals surface area contributed by atoms with Gasteiger partial charge >= 0.3 is 0 Å². The van der Waals surface area contributed by atoms with Crippen LogP contribution in [0.25, 0.3) is 0 Å². The first-order chi connectivity index (χ1) is 7.13. The summed E-state index contributed by atoms with van der Waals surface area (Å²) in [7, 11) is 0. The lowest BCUT2D eigenvalue weighted by Crippen LogP contribution is -2.23. The molecule has 0 aromatic carbocycles. The van der Waals surface area contributed by atoms with Crippen molar-refractivity contribution < 1.29 is 9.18 Å². The van der Waals surface area contributed by atoms with E-state index in [1.165, 1.54) is 12.1 Å². The van der Waals surface area contributed by atoms with E-state index in [0.29, 0.717) is 18.8 Å². The van der Waals surface area contributed by atoms with Crippen LogP contribution in [-0.4, -0.2) is 17.4 Å². The van der Waals surface area contributed by atoms with Crippen LogP contribution in [0, 0.1) is 11.7 Å². The summed E-state index contributed by atoms with van der Waals surface area (Å²) in [6, 6.07) is 2.67. The first-order valence-corrected chi connectivity index (χ1v) is 4.76. The fourth-order valence-corrected chi connectivity index (χ4v) is 1.08. The second kappa shape index (κ2) is 5.41. The van der Waals surface area contributed by atoms with Crippen molar-refractivity contribution in [3.05, 3.63) is 24.1 Å². The first kappa shape index (κ1) is 11.6. The number of carbonyl (C=O) groups is 1. The van der Waals surface area contributed by atoms with Crippen molar-refractivity contribution in [2.45, 2.75) is 13.3 Å². The molecule has 0 aliphatic heterocycles. The van der Waals surface area contributed by atoms with Crippen LogP contribution in [0.3, 0.4) is 0 Å². The van der Waals surface area contributed by atoms with Gasteiger partial charge in [0.2, 0.25) is 5.91 Å². The van der Waals surface area contributed by atoms with Gasteiger partial charge in [-0.15, -0.1) is 0 Å². The molecule has 5 heteroatoms. The number of nitrogens with one attached hydrogen (secondary N) is 1. The van der Waals surface area contributed by atoms with Gasteiger partial charge in [-0.05, 0) is 25.1 Å². The van der Waals surface area contributed by atoms with Gasteiger partial charge in [0.25, 0.3) is 0 Å². The Hall–Kier alpha value is -1.49. The summed E-state index contributed by atoms with van der Waals surface area (Å²) in [6.45, 7) is 2.25. The highest BCUT2D eigenvalue weighted by Crippen LogP contribution is 2.07. The average molecular weight is 211 g/mol. The highest BCUT2D eigenvalue weighted by molar-refractivity contribution is 5.91. The SMILES string of the molecule is CC(CCN)C(=O)Nc1ccc(F)cn1. The number of hydrogen-bond donors (Lipinski definition) is 2. The summed E-state index contributed by atoms with van der Waals surface area (Å²) in [5.74, 6) is -0.394. The van der Waals surface area contributed by atoms with E-state index in [2.05, 4.69) is 10.3 Å². The van der Waals surface area contributed by atoms with Crippen LogP contribution >= 0.6 is 0 Å². The maximum Gasteiger partial charge on any atom is 0.228 e. The minimum Gasteiger partial charge on any atom is -0.330 e. The highest BCUT2D eigenvalue weighted by atomic mass is 19.1. The molecule has 0 saturated heterocycles. The summed E-state index contributed by atoms with van der Waals surface area (Å²) < 4.78 is 12.5. The molecule has 0 aliphatic carbocycles. The summed E-state index contributed by atoms with van der Waals surface area (Å²) in [5.41, 5.74) is 5.34. The summed E-state index contributed by atoms with van der Waals surface area (Å²) >= 11 is 0. The Labute approximate surface area is 87.7 Å². The number of carbonyl (C=O) groups excluding carboxylic acids is 1. The van der Waals surface area contributed by atoms with E-state index in [1.807, 2.05) is 0 Å². The van der Waals surface area contributed by atoms with Gasteiger partial charge in [0.05, 0.1) is 6.20 Å². The van der Waals surface area contributed by atoms with Gasteiger partial charge in [-0.1, -0.05) is 6.92 Å². The van der Waals surface area contributed by atoms with Gasteiger partial charge < -0.3 is 11.1 Å². The number of pyridine rings is 1. The quantitative estimate of drug-likeness (QED) is 0.784. The molecule has 82 valence electrons. The topological polar surface area (TPSA) is 68.0 Å². The Morgan fingerprint density at radius 3 is 2.93 bits per heavy atom. The van der Waals surface area contributed by atoms with Crippen molar-refractivity contribution in [2.24, 2.45) is 11.7 Å². The predicted octanol–water partition coefficient (Wildman–Crippen LogP) is 1.14. The average Bonchev–Trinajstić information content (AvgIpc) is 2.22. The van der Waals surface area contributed by atoms with Gasteiger partial charge in [0.1, 0.15) is 11.6 Å². The Kier molecular flexibility index (Phi) is 4.17. The van der Waals surface area contributed by atoms with Crippen molar-refractivity contribution in [1.29, 1.82) is 0 Å². The van der Waals surface area contributed by atoms with Crippen LogP contribution in [0.4, 0.5) is 10.2 Å². The fourth-order valence-electron chi connectivity index (χ4n) is 1.08. The summed E-state index contributed by atoms with van der Waals surface area (Å²) in [6.07, 6.45) is 1.68. The molecule has 1 heterocycles. The zero-order valence-corrected chi connectivity index (χ0v) is 8.53. The monoisotopic (exact) mass is 211 g/mol. The molecule has 0 bridgehead atoms. The van der Waals surface area contributed by atoms with Gasteiger partial charge in [0, 0.05) is 5.92 Å². The minimum atomic E-state index is -0.428. The van der Waals surface area contributed by atoms with Crippen molar-refractivity contribution in [1.82, 2.24) is 4.98 Å².